The van der Waals surface area contributed by atoms with E-state index in [9.17, 15) is 9.59 Å². The first-order chi connectivity index (χ1) is 11.5. The summed E-state index contributed by atoms with van der Waals surface area (Å²) in [6.45, 7) is 0.896. The van der Waals surface area contributed by atoms with Gasteiger partial charge in [0, 0.05) is 25.2 Å². The van der Waals surface area contributed by atoms with Crippen LogP contribution in [0.2, 0.25) is 0 Å². The molecular formula is C16H22N2O6. The number of nitrogens with one attached hydrogen (secondary N) is 1. The third-order valence-corrected chi connectivity index (χ3v) is 4.04. The van der Waals surface area contributed by atoms with Crippen molar-refractivity contribution in [3.8, 4) is 17.2 Å². The minimum atomic E-state index is -0.869. The molecule has 1 aromatic rings. The van der Waals surface area contributed by atoms with Crippen LogP contribution >= 0.6 is 0 Å². The van der Waals surface area contributed by atoms with E-state index >= 15 is 0 Å². The first-order valence-corrected chi connectivity index (χ1v) is 7.55. The van der Waals surface area contributed by atoms with Gasteiger partial charge in [-0.15, -0.1) is 0 Å². The molecule has 1 aliphatic heterocycles. The van der Waals surface area contributed by atoms with Crippen LogP contribution in [0.3, 0.4) is 0 Å². The molecule has 8 heteroatoms. The third-order valence-electron chi connectivity index (χ3n) is 4.04. The Labute approximate surface area is 140 Å². The number of hydrogen-bond donors (Lipinski definition) is 2. The van der Waals surface area contributed by atoms with E-state index < -0.39 is 11.9 Å². The maximum Gasteiger partial charge on any atom is 0.317 e. The molecule has 1 heterocycles. The van der Waals surface area contributed by atoms with Crippen LogP contribution in [0.1, 0.15) is 12.0 Å². The number of likely N-dealkylation sites (tertiary alicyclic amines) is 1. The van der Waals surface area contributed by atoms with Crippen molar-refractivity contribution in [2.75, 3.05) is 34.4 Å². The lowest BCUT2D eigenvalue weighted by molar-refractivity contribution is -0.141. The highest BCUT2D eigenvalue weighted by molar-refractivity contribution is 5.77. The second-order valence-electron chi connectivity index (χ2n) is 5.42. The summed E-state index contributed by atoms with van der Waals surface area (Å²) in [7, 11) is 4.56. The number of rotatable bonds is 6. The number of ether oxygens (including phenoxy) is 3. The van der Waals surface area contributed by atoms with Crippen LogP contribution in [-0.2, 0) is 11.3 Å². The van der Waals surface area contributed by atoms with Crippen LogP contribution in [0.25, 0.3) is 0 Å². The molecular weight excluding hydrogens is 316 g/mol. The minimum Gasteiger partial charge on any atom is -0.493 e. The fourth-order valence-electron chi connectivity index (χ4n) is 2.73. The molecule has 1 aromatic carbocycles. The molecule has 2 N–H and O–H groups in total. The number of benzene rings is 1. The fraction of sp³-hybridized carbons (Fsp3) is 0.500. The molecule has 132 valence electrons. The summed E-state index contributed by atoms with van der Waals surface area (Å²) in [4.78, 5) is 24.7. The summed E-state index contributed by atoms with van der Waals surface area (Å²) < 4.78 is 15.9. The molecule has 1 unspecified atom stereocenters. The van der Waals surface area contributed by atoms with Crippen LogP contribution in [-0.4, -0.2) is 56.4 Å². The molecule has 0 bridgehead atoms. The molecule has 2 amide bonds. The topological polar surface area (TPSA) is 97.3 Å². The SMILES string of the molecule is COc1ccc(CNC(=O)N2CCC(C(=O)O)C2)c(OC)c1OC. The molecule has 1 saturated heterocycles. The van der Waals surface area contributed by atoms with Gasteiger partial charge in [0.15, 0.2) is 11.5 Å². The number of carboxylic acid groups (broad SMARTS) is 1. The molecule has 1 aliphatic rings. The summed E-state index contributed by atoms with van der Waals surface area (Å²) >= 11 is 0. The van der Waals surface area contributed by atoms with Gasteiger partial charge in [-0.1, -0.05) is 0 Å². The van der Waals surface area contributed by atoms with Crippen molar-refractivity contribution < 1.29 is 28.9 Å². The maximum absolute atomic E-state index is 12.2. The lowest BCUT2D eigenvalue weighted by Gasteiger charge is -2.19. The standard InChI is InChI=1S/C16H22N2O6/c1-22-12-5-4-10(13(23-2)14(12)24-3)8-17-16(21)18-7-6-11(9-18)15(19)20/h4-5,11H,6-9H2,1-3H3,(H,17,21)(H,19,20). The number of methoxy groups -OCH3 is 3. The fourth-order valence-corrected chi connectivity index (χ4v) is 2.73. The van der Waals surface area contributed by atoms with Gasteiger partial charge in [0.05, 0.1) is 27.2 Å². The van der Waals surface area contributed by atoms with E-state index in [1.165, 1.54) is 26.2 Å². The van der Waals surface area contributed by atoms with Gasteiger partial charge in [-0.3, -0.25) is 4.79 Å². The monoisotopic (exact) mass is 338 g/mol. The molecule has 0 saturated carbocycles. The highest BCUT2D eigenvalue weighted by Gasteiger charge is 2.30. The maximum atomic E-state index is 12.2. The lowest BCUT2D eigenvalue weighted by Crippen LogP contribution is -2.38. The van der Waals surface area contributed by atoms with E-state index in [-0.39, 0.29) is 19.1 Å². The molecule has 1 fully saturated rings. The Kier molecular flexibility index (Phi) is 5.73. The minimum absolute atomic E-state index is 0.226. The Morgan fingerprint density at radius 2 is 1.92 bits per heavy atom. The molecule has 0 aromatic heterocycles. The van der Waals surface area contributed by atoms with Crippen LogP contribution in [0.5, 0.6) is 17.2 Å². The highest BCUT2D eigenvalue weighted by Crippen LogP contribution is 2.39. The van der Waals surface area contributed by atoms with Crippen molar-refractivity contribution in [3.63, 3.8) is 0 Å². The second-order valence-corrected chi connectivity index (χ2v) is 5.42. The Morgan fingerprint density at radius 1 is 1.21 bits per heavy atom. The molecule has 2 rings (SSSR count). The van der Waals surface area contributed by atoms with Gasteiger partial charge in [-0.25, -0.2) is 4.79 Å². The molecule has 8 nitrogen and oxygen atoms in total. The first kappa shape index (κ1) is 17.7. The van der Waals surface area contributed by atoms with E-state index in [0.29, 0.717) is 30.2 Å². The zero-order chi connectivity index (χ0) is 17.7. The number of carbonyl (C=O) groups excluding carboxylic acids is 1. The summed E-state index contributed by atoms with van der Waals surface area (Å²) in [5.41, 5.74) is 0.734. The van der Waals surface area contributed by atoms with Crippen molar-refractivity contribution in [1.29, 1.82) is 0 Å². The largest absolute Gasteiger partial charge is 0.493 e. The zero-order valence-electron chi connectivity index (χ0n) is 14.0. The molecule has 24 heavy (non-hydrogen) atoms. The quantitative estimate of drug-likeness (QED) is 0.812. The summed E-state index contributed by atoms with van der Waals surface area (Å²) in [5.74, 6) is 0.118. The number of carbonyl (C=O) groups is 2. The normalized spacial score (nSPS) is 16.6. The van der Waals surface area contributed by atoms with Crippen molar-refractivity contribution >= 4 is 12.0 Å². The van der Waals surface area contributed by atoms with E-state index in [4.69, 9.17) is 19.3 Å². The van der Waals surface area contributed by atoms with Crippen molar-refractivity contribution in [3.05, 3.63) is 17.7 Å². The number of amides is 2. The average molecular weight is 338 g/mol. The predicted molar refractivity (Wildman–Crippen MR) is 85.6 cm³/mol. The molecule has 0 aliphatic carbocycles. The van der Waals surface area contributed by atoms with Crippen molar-refractivity contribution in [2.24, 2.45) is 5.92 Å². The van der Waals surface area contributed by atoms with E-state index in [0.717, 1.165) is 5.56 Å². The van der Waals surface area contributed by atoms with Crippen LogP contribution < -0.4 is 19.5 Å². The van der Waals surface area contributed by atoms with Gasteiger partial charge in [-0.2, -0.15) is 0 Å². The molecule has 1 atom stereocenters. The predicted octanol–water partition coefficient (Wildman–Crippen LogP) is 1.33. The Hall–Kier alpha value is -2.64. The third kappa shape index (κ3) is 3.64. The Bertz CT molecular complexity index is 619. The Morgan fingerprint density at radius 3 is 2.46 bits per heavy atom. The smallest absolute Gasteiger partial charge is 0.317 e. The van der Waals surface area contributed by atoms with Crippen molar-refractivity contribution in [1.82, 2.24) is 10.2 Å². The van der Waals surface area contributed by atoms with Crippen LogP contribution in [0.4, 0.5) is 4.79 Å². The van der Waals surface area contributed by atoms with Gasteiger partial charge in [0.2, 0.25) is 5.75 Å². The zero-order valence-corrected chi connectivity index (χ0v) is 14.0. The van der Waals surface area contributed by atoms with E-state index in [2.05, 4.69) is 5.32 Å². The van der Waals surface area contributed by atoms with Gasteiger partial charge < -0.3 is 29.5 Å². The van der Waals surface area contributed by atoms with Crippen molar-refractivity contribution in [2.45, 2.75) is 13.0 Å². The van der Waals surface area contributed by atoms with Gasteiger partial charge in [0.25, 0.3) is 0 Å². The van der Waals surface area contributed by atoms with Gasteiger partial charge in [0.1, 0.15) is 0 Å². The summed E-state index contributed by atoms with van der Waals surface area (Å²) in [6, 6.07) is 3.22. The number of urea groups is 1. The van der Waals surface area contributed by atoms with E-state index in [1.807, 2.05) is 0 Å². The first-order valence-electron chi connectivity index (χ1n) is 7.55. The summed E-state index contributed by atoms with van der Waals surface area (Å²) in [6.07, 6.45) is 0.475. The van der Waals surface area contributed by atoms with Gasteiger partial charge >= 0.3 is 12.0 Å². The number of hydrogen-bond acceptors (Lipinski definition) is 5. The highest BCUT2D eigenvalue weighted by atomic mass is 16.5. The average Bonchev–Trinajstić information content (AvgIpc) is 3.09. The number of nitrogens with zero attached hydrogens (tertiary/aromatic N) is 1. The summed E-state index contributed by atoms with van der Waals surface area (Å²) in [5, 5.41) is 11.8. The molecule has 0 radical (unpaired) electrons. The Balaban J connectivity index is 2.04. The second kappa shape index (κ2) is 7.76. The number of carboxylic acids is 1. The lowest BCUT2D eigenvalue weighted by atomic mass is 10.1. The van der Waals surface area contributed by atoms with Crippen LogP contribution in [0, 0.1) is 5.92 Å². The number of aliphatic carboxylic acids is 1. The van der Waals surface area contributed by atoms with Crippen LogP contribution in [0.15, 0.2) is 12.1 Å². The van der Waals surface area contributed by atoms with Gasteiger partial charge in [-0.05, 0) is 18.6 Å². The van der Waals surface area contributed by atoms with E-state index in [1.54, 1.807) is 12.1 Å². The molecule has 0 spiro atoms.